The number of likely N-dealkylation sites (N-methyl/N-ethyl adjacent to an activating group) is 4. The summed E-state index contributed by atoms with van der Waals surface area (Å²) in [6.45, 7) is 5.06. The van der Waals surface area contributed by atoms with Gasteiger partial charge >= 0.3 is 18.9 Å². The standard InChI is InChI=1S/2C6H16N2.Li/c2*1-7(2)5-6-8(3)4;/h2*5-6H2,1-4H3;/q;;+1/p+4. The molecule has 0 spiro atoms. The zero-order chi connectivity index (χ0) is 13.1. The molecule has 0 aliphatic rings. The third-order valence-corrected chi connectivity index (χ3v) is 2.25. The molecule has 0 aromatic carbocycles. The van der Waals surface area contributed by atoms with Crippen molar-refractivity contribution in [2.75, 3.05) is 82.6 Å². The molecular formula is C12H36LiN4+5. The molecule has 0 atom stereocenters. The Morgan fingerprint density at radius 2 is 0.529 bits per heavy atom. The third-order valence-electron chi connectivity index (χ3n) is 2.25. The Balaban J connectivity index is -0.000000218. The molecule has 0 radical (unpaired) electrons. The molecule has 5 heteroatoms. The molecular weight excluding hydrogens is 207 g/mol. The largest absolute Gasteiger partial charge is 1.00 e. The second-order valence-electron chi connectivity index (χ2n) is 5.83. The molecule has 0 saturated heterocycles. The zero-order valence-corrected chi connectivity index (χ0v) is 13.8. The van der Waals surface area contributed by atoms with Gasteiger partial charge in [-0.05, 0) is 0 Å². The van der Waals surface area contributed by atoms with Crippen LogP contribution >= 0.6 is 0 Å². The van der Waals surface area contributed by atoms with Gasteiger partial charge in [-0.2, -0.15) is 0 Å². The summed E-state index contributed by atoms with van der Waals surface area (Å²) < 4.78 is 0. The van der Waals surface area contributed by atoms with Crippen LogP contribution in [0.4, 0.5) is 0 Å². The summed E-state index contributed by atoms with van der Waals surface area (Å²) in [7, 11) is 17.5. The number of nitrogens with one attached hydrogen (secondary N) is 4. The Hall–Kier alpha value is 0.437. The van der Waals surface area contributed by atoms with Gasteiger partial charge in [0.25, 0.3) is 0 Å². The van der Waals surface area contributed by atoms with Crippen molar-refractivity contribution < 1.29 is 38.5 Å². The van der Waals surface area contributed by atoms with Crippen LogP contribution in [0, 0.1) is 0 Å². The minimum atomic E-state index is 0. The molecule has 0 fully saturated rings. The van der Waals surface area contributed by atoms with Crippen molar-refractivity contribution in [2.24, 2.45) is 0 Å². The molecule has 17 heavy (non-hydrogen) atoms. The molecule has 0 aromatic rings. The maximum atomic E-state index is 2.18. The van der Waals surface area contributed by atoms with Crippen LogP contribution in [0.25, 0.3) is 0 Å². The molecule has 0 bridgehead atoms. The van der Waals surface area contributed by atoms with Crippen LogP contribution in [-0.2, 0) is 0 Å². The van der Waals surface area contributed by atoms with Crippen LogP contribution in [-0.4, -0.2) is 82.6 Å². The van der Waals surface area contributed by atoms with Gasteiger partial charge in [0.15, 0.2) is 0 Å². The zero-order valence-electron chi connectivity index (χ0n) is 13.8. The van der Waals surface area contributed by atoms with E-state index < -0.39 is 0 Å². The monoisotopic (exact) mass is 243 g/mol. The fourth-order valence-electron chi connectivity index (χ4n) is 1.000. The third kappa shape index (κ3) is 31.5. The van der Waals surface area contributed by atoms with E-state index in [1.165, 1.54) is 45.8 Å². The molecule has 4 N–H and O–H groups in total. The van der Waals surface area contributed by atoms with Crippen LogP contribution in [0.15, 0.2) is 0 Å². The molecule has 0 aliphatic heterocycles. The first-order chi connectivity index (χ1) is 7.25. The topological polar surface area (TPSA) is 17.8 Å². The van der Waals surface area contributed by atoms with E-state index >= 15 is 0 Å². The Bertz CT molecular complexity index is 106. The van der Waals surface area contributed by atoms with Gasteiger partial charge in [-0.25, -0.2) is 0 Å². The number of hydrogen-bond acceptors (Lipinski definition) is 0. The second kappa shape index (κ2) is 14.5. The number of quaternary nitrogens is 4. The first-order valence-electron chi connectivity index (χ1n) is 6.41. The van der Waals surface area contributed by atoms with Gasteiger partial charge in [-0.3, -0.25) is 0 Å². The summed E-state index contributed by atoms with van der Waals surface area (Å²) in [5.41, 5.74) is 0. The molecule has 0 saturated carbocycles. The van der Waals surface area contributed by atoms with Crippen molar-refractivity contribution in [3.63, 3.8) is 0 Å². The molecule has 4 nitrogen and oxygen atoms in total. The molecule has 0 amide bonds. The van der Waals surface area contributed by atoms with Gasteiger partial charge in [0, 0.05) is 0 Å². The Kier molecular flexibility index (Phi) is 19.3. The summed E-state index contributed by atoms with van der Waals surface area (Å²) in [5, 5.41) is 0. The van der Waals surface area contributed by atoms with Crippen molar-refractivity contribution in [1.29, 1.82) is 0 Å². The number of rotatable bonds is 6. The molecule has 100 valence electrons. The predicted molar refractivity (Wildman–Crippen MR) is 70.7 cm³/mol. The van der Waals surface area contributed by atoms with Crippen molar-refractivity contribution in [3.05, 3.63) is 0 Å². The molecule has 0 aromatic heterocycles. The fraction of sp³-hybridized carbons (Fsp3) is 1.00. The SMILES string of the molecule is C[NH+](C)CC[NH+](C)C.C[NH+](C)CC[NH+](C)C.[Li+]. The van der Waals surface area contributed by atoms with Gasteiger partial charge in [0.1, 0.15) is 26.2 Å². The van der Waals surface area contributed by atoms with E-state index in [1.54, 1.807) is 0 Å². The smallest absolute Gasteiger partial charge is 0.335 e. The van der Waals surface area contributed by atoms with Gasteiger partial charge in [0.2, 0.25) is 0 Å². The van der Waals surface area contributed by atoms with E-state index in [9.17, 15) is 0 Å². The van der Waals surface area contributed by atoms with Crippen LogP contribution < -0.4 is 38.5 Å². The average molecular weight is 243 g/mol. The minimum absolute atomic E-state index is 0. The number of hydrogen-bond donors (Lipinski definition) is 4. The normalized spacial score (nSPS) is 10.6. The summed E-state index contributed by atoms with van der Waals surface area (Å²) in [4.78, 5) is 6.13. The molecule has 0 heterocycles. The van der Waals surface area contributed by atoms with Crippen molar-refractivity contribution in [2.45, 2.75) is 0 Å². The Morgan fingerprint density at radius 3 is 0.588 bits per heavy atom. The van der Waals surface area contributed by atoms with Crippen molar-refractivity contribution in [1.82, 2.24) is 0 Å². The van der Waals surface area contributed by atoms with E-state index in [4.69, 9.17) is 0 Å². The van der Waals surface area contributed by atoms with Crippen LogP contribution in [0.2, 0.25) is 0 Å². The quantitative estimate of drug-likeness (QED) is 0.332. The van der Waals surface area contributed by atoms with Gasteiger partial charge in [-0.1, -0.05) is 0 Å². The van der Waals surface area contributed by atoms with E-state index in [2.05, 4.69) is 56.4 Å². The summed E-state index contributed by atoms with van der Waals surface area (Å²) in [6, 6.07) is 0. The summed E-state index contributed by atoms with van der Waals surface area (Å²) >= 11 is 0. The van der Waals surface area contributed by atoms with Gasteiger partial charge < -0.3 is 19.6 Å². The molecule has 0 rings (SSSR count). The van der Waals surface area contributed by atoms with Crippen molar-refractivity contribution in [3.8, 4) is 0 Å². The Labute approximate surface area is 121 Å². The van der Waals surface area contributed by atoms with E-state index in [1.807, 2.05) is 0 Å². The van der Waals surface area contributed by atoms with E-state index in [0.717, 1.165) is 0 Å². The van der Waals surface area contributed by atoms with E-state index in [-0.39, 0.29) is 18.9 Å². The molecule has 0 aliphatic carbocycles. The average Bonchev–Trinajstić information content (AvgIpc) is 2.12. The first-order valence-corrected chi connectivity index (χ1v) is 6.41. The summed E-state index contributed by atoms with van der Waals surface area (Å²) in [5.74, 6) is 0. The van der Waals surface area contributed by atoms with Crippen LogP contribution in [0.5, 0.6) is 0 Å². The Morgan fingerprint density at radius 1 is 0.412 bits per heavy atom. The predicted octanol–water partition coefficient (Wildman–Crippen LogP) is -8.45. The first kappa shape index (κ1) is 22.6. The van der Waals surface area contributed by atoms with Crippen LogP contribution in [0.1, 0.15) is 0 Å². The molecule has 0 unspecified atom stereocenters. The van der Waals surface area contributed by atoms with Gasteiger partial charge in [-0.15, -0.1) is 0 Å². The van der Waals surface area contributed by atoms with Crippen molar-refractivity contribution >= 4 is 0 Å². The fourth-order valence-corrected chi connectivity index (χ4v) is 1.000. The second-order valence-corrected chi connectivity index (χ2v) is 5.83. The van der Waals surface area contributed by atoms with Gasteiger partial charge in [0.05, 0.1) is 56.4 Å². The maximum absolute atomic E-state index is 2.18. The van der Waals surface area contributed by atoms with Crippen LogP contribution in [0.3, 0.4) is 0 Å². The maximum Gasteiger partial charge on any atom is 1.00 e. The van der Waals surface area contributed by atoms with E-state index in [0.29, 0.717) is 0 Å². The minimum Gasteiger partial charge on any atom is -0.335 e. The summed E-state index contributed by atoms with van der Waals surface area (Å²) in [6.07, 6.45) is 0.